The third kappa shape index (κ3) is 2.54. The molecule has 0 bridgehead atoms. The molecule has 1 nitrogen and oxygen atoms in total. The predicted octanol–water partition coefficient (Wildman–Crippen LogP) is 6.63. The number of hydrogen-bond acceptors (Lipinski definition) is 1. The topological polar surface area (TPSA) is 13.1 Å². The molecular formula is C21H26O. The number of furan rings is 1. The molecule has 0 amide bonds. The lowest BCUT2D eigenvalue weighted by Crippen LogP contribution is -1.90. The van der Waals surface area contributed by atoms with Crippen LogP contribution in [0.5, 0.6) is 0 Å². The van der Waals surface area contributed by atoms with E-state index in [1.54, 1.807) is 0 Å². The molecule has 0 saturated heterocycles. The number of fused-ring (bicyclic) bond motifs is 3. The molecule has 3 aromatic rings. The molecule has 3 rings (SSSR count). The minimum atomic E-state index is 1.06. The Labute approximate surface area is 133 Å². The lowest BCUT2D eigenvalue weighted by molar-refractivity contribution is 0.653. The van der Waals surface area contributed by atoms with Crippen LogP contribution in [0, 0.1) is 20.8 Å². The first-order valence-electron chi connectivity index (χ1n) is 8.54. The van der Waals surface area contributed by atoms with Crippen molar-refractivity contribution in [1.82, 2.24) is 0 Å². The van der Waals surface area contributed by atoms with Gasteiger partial charge in [0.2, 0.25) is 0 Å². The van der Waals surface area contributed by atoms with Crippen molar-refractivity contribution in [3.05, 3.63) is 46.5 Å². The van der Waals surface area contributed by atoms with Crippen LogP contribution in [0.3, 0.4) is 0 Å². The average molecular weight is 294 g/mol. The smallest absolute Gasteiger partial charge is 0.138 e. The highest BCUT2D eigenvalue weighted by Gasteiger charge is 2.13. The summed E-state index contributed by atoms with van der Waals surface area (Å²) in [6, 6.07) is 8.94. The maximum atomic E-state index is 6.26. The van der Waals surface area contributed by atoms with E-state index in [-0.39, 0.29) is 0 Å². The number of unbranched alkanes of at least 4 members (excludes halogenated alkanes) is 3. The van der Waals surface area contributed by atoms with Gasteiger partial charge in [-0.2, -0.15) is 0 Å². The highest BCUT2D eigenvalue weighted by molar-refractivity contribution is 6.07. The average Bonchev–Trinajstić information content (AvgIpc) is 2.90. The largest absolute Gasteiger partial charge is 0.455 e. The van der Waals surface area contributed by atoms with Gasteiger partial charge in [0.1, 0.15) is 11.2 Å². The Morgan fingerprint density at radius 1 is 0.773 bits per heavy atom. The Morgan fingerprint density at radius 2 is 1.45 bits per heavy atom. The summed E-state index contributed by atoms with van der Waals surface area (Å²) in [5, 5.41) is 2.51. The molecule has 0 atom stereocenters. The van der Waals surface area contributed by atoms with Gasteiger partial charge in [0.25, 0.3) is 0 Å². The molecule has 116 valence electrons. The Hall–Kier alpha value is -1.76. The summed E-state index contributed by atoms with van der Waals surface area (Å²) in [5.41, 5.74) is 7.46. The SMILES string of the molecule is CCCCCCc1ccc2c(oc3c(C)c(C)ccc32)c1C. The molecule has 22 heavy (non-hydrogen) atoms. The van der Waals surface area contributed by atoms with Crippen LogP contribution in [-0.4, -0.2) is 0 Å². The maximum absolute atomic E-state index is 6.26. The number of benzene rings is 2. The van der Waals surface area contributed by atoms with Crippen molar-refractivity contribution in [3.63, 3.8) is 0 Å². The van der Waals surface area contributed by atoms with Gasteiger partial charge in [0.15, 0.2) is 0 Å². The molecule has 1 heterocycles. The van der Waals surface area contributed by atoms with E-state index in [1.807, 2.05) is 0 Å². The highest BCUT2D eigenvalue weighted by Crippen LogP contribution is 2.35. The second-order valence-electron chi connectivity index (χ2n) is 6.52. The normalized spacial score (nSPS) is 11.6. The summed E-state index contributed by atoms with van der Waals surface area (Å²) in [4.78, 5) is 0. The number of aryl methyl sites for hydroxylation is 4. The van der Waals surface area contributed by atoms with Crippen molar-refractivity contribution >= 4 is 21.9 Å². The summed E-state index contributed by atoms with van der Waals surface area (Å²) in [6.45, 7) is 8.77. The van der Waals surface area contributed by atoms with E-state index in [1.165, 1.54) is 58.7 Å². The van der Waals surface area contributed by atoms with Crippen LogP contribution in [0.1, 0.15) is 54.9 Å². The molecule has 0 aliphatic rings. The van der Waals surface area contributed by atoms with Crippen molar-refractivity contribution in [2.75, 3.05) is 0 Å². The number of hydrogen-bond donors (Lipinski definition) is 0. The van der Waals surface area contributed by atoms with Gasteiger partial charge in [0.05, 0.1) is 0 Å². The summed E-state index contributed by atoms with van der Waals surface area (Å²) in [7, 11) is 0. The first kappa shape index (κ1) is 15.1. The monoisotopic (exact) mass is 294 g/mol. The Balaban J connectivity index is 2.03. The molecule has 1 heteroatoms. The molecule has 0 radical (unpaired) electrons. The van der Waals surface area contributed by atoms with E-state index in [0.717, 1.165) is 17.6 Å². The van der Waals surface area contributed by atoms with Crippen molar-refractivity contribution in [1.29, 1.82) is 0 Å². The van der Waals surface area contributed by atoms with E-state index in [0.29, 0.717) is 0 Å². The zero-order valence-corrected chi connectivity index (χ0v) is 14.3. The first-order chi connectivity index (χ1) is 10.6. The van der Waals surface area contributed by atoms with E-state index in [2.05, 4.69) is 52.0 Å². The quantitative estimate of drug-likeness (QED) is 0.481. The van der Waals surface area contributed by atoms with Gasteiger partial charge in [-0.1, -0.05) is 50.5 Å². The second-order valence-corrected chi connectivity index (χ2v) is 6.52. The fourth-order valence-electron chi connectivity index (χ4n) is 3.32. The third-order valence-corrected chi connectivity index (χ3v) is 4.99. The lowest BCUT2D eigenvalue weighted by atomic mass is 9.98. The molecule has 2 aromatic carbocycles. The van der Waals surface area contributed by atoms with Gasteiger partial charge in [0, 0.05) is 10.8 Å². The van der Waals surface area contributed by atoms with Gasteiger partial charge in [-0.3, -0.25) is 0 Å². The minimum Gasteiger partial charge on any atom is -0.455 e. The Bertz CT molecular complexity index is 808. The fraction of sp³-hybridized carbons (Fsp3) is 0.429. The van der Waals surface area contributed by atoms with Crippen LogP contribution in [0.15, 0.2) is 28.7 Å². The Kier molecular flexibility index (Phi) is 4.24. The van der Waals surface area contributed by atoms with Gasteiger partial charge < -0.3 is 4.42 Å². The highest BCUT2D eigenvalue weighted by atomic mass is 16.3. The standard InChI is InChI=1S/C21H26O/c1-5-6-7-8-9-17-11-13-19-18-12-10-14(2)15(3)20(18)22-21(19)16(17)4/h10-13H,5-9H2,1-4H3. The molecule has 0 unspecified atom stereocenters. The molecule has 0 aliphatic carbocycles. The molecule has 0 spiro atoms. The van der Waals surface area contributed by atoms with Crippen LogP contribution >= 0.6 is 0 Å². The first-order valence-corrected chi connectivity index (χ1v) is 8.54. The van der Waals surface area contributed by atoms with E-state index < -0.39 is 0 Å². The summed E-state index contributed by atoms with van der Waals surface area (Å²) in [5.74, 6) is 0. The zero-order valence-electron chi connectivity index (χ0n) is 14.3. The summed E-state index contributed by atoms with van der Waals surface area (Å²) < 4.78 is 6.26. The van der Waals surface area contributed by atoms with E-state index >= 15 is 0 Å². The number of rotatable bonds is 5. The third-order valence-electron chi connectivity index (χ3n) is 4.99. The molecule has 0 fully saturated rings. The molecule has 0 N–H and O–H groups in total. The fourth-order valence-corrected chi connectivity index (χ4v) is 3.32. The zero-order chi connectivity index (χ0) is 15.7. The van der Waals surface area contributed by atoms with Crippen LogP contribution in [0.4, 0.5) is 0 Å². The summed E-state index contributed by atoms with van der Waals surface area (Å²) >= 11 is 0. The molecule has 0 saturated carbocycles. The summed E-state index contributed by atoms with van der Waals surface area (Å²) in [6.07, 6.45) is 6.40. The van der Waals surface area contributed by atoms with Crippen LogP contribution < -0.4 is 0 Å². The van der Waals surface area contributed by atoms with Crippen LogP contribution in [0.2, 0.25) is 0 Å². The molecular weight excluding hydrogens is 268 g/mol. The predicted molar refractivity (Wildman–Crippen MR) is 95.8 cm³/mol. The van der Waals surface area contributed by atoms with Crippen molar-refractivity contribution < 1.29 is 4.42 Å². The van der Waals surface area contributed by atoms with Gasteiger partial charge in [-0.25, -0.2) is 0 Å². The minimum absolute atomic E-state index is 1.06. The Morgan fingerprint density at radius 3 is 2.18 bits per heavy atom. The van der Waals surface area contributed by atoms with Crippen molar-refractivity contribution in [3.8, 4) is 0 Å². The van der Waals surface area contributed by atoms with E-state index in [9.17, 15) is 0 Å². The lowest BCUT2D eigenvalue weighted by Gasteiger charge is -2.06. The van der Waals surface area contributed by atoms with Crippen LogP contribution in [0.25, 0.3) is 21.9 Å². The van der Waals surface area contributed by atoms with Crippen molar-refractivity contribution in [2.24, 2.45) is 0 Å². The molecule has 1 aromatic heterocycles. The van der Waals surface area contributed by atoms with Gasteiger partial charge in [-0.05, 0) is 55.9 Å². The van der Waals surface area contributed by atoms with Crippen LogP contribution in [-0.2, 0) is 6.42 Å². The maximum Gasteiger partial charge on any atom is 0.138 e. The van der Waals surface area contributed by atoms with Crippen molar-refractivity contribution in [2.45, 2.75) is 59.8 Å². The van der Waals surface area contributed by atoms with Gasteiger partial charge in [-0.15, -0.1) is 0 Å². The molecule has 0 aliphatic heterocycles. The second kappa shape index (κ2) is 6.16. The van der Waals surface area contributed by atoms with E-state index in [4.69, 9.17) is 4.42 Å². The van der Waals surface area contributed by atoms with Gasteiger partial charge >= 0.3 is 0 Å².